The third-order valence-electron chi connectivity index (χ3n) is 2.19. The van der Waals surface area contributed by atoms with Crippen LogP contribution in [0.15, 0.2) is 22.9 Å². The van der Waals surface area contributed by atoms with Gasteiger partial charge in [0.2, 0.25) is 0 Å². The van der Waals surface area contributed by atoms with Crippen LogP contribution in [-0.2, 0) is 9.53 Å². The Labute approximate surface area is 96.2 Å². The van der Waals surface area contributed by atoms with E-state index in [0.717, 1.165) is 17.3 Å². The van der Waals surface area contributed by atoms with Gasteiger partial charge in [0.25, 0.3) is 5.91 Å². The quantitative estimate of drug-likeness (QED) is 0.894. The first-order chi connectivity index (χ1) is 7.25. The molecule has 2 heterocycles. The summed E-state index contributed by atoms with van der Waals surface area (Å²) in [7, 11) is 0. The summed E-state index contributed by atoms with van der Waals surface area (Å²) in [4.78, 5) is 15.6. The summed E-state index contributed by atoms with van der Waals surface area (Å²) in [5.41, 5.74) is 0.685. The van der Waals surface area contributed by atoms with Crippen molar-refractivity contribution in [1.29, 1.82) is 0 Å². The number of halogens is 1. The van der Waals surface area contributed by atoms with Crippen LogP contribution < -0.4 is 5.32 Å². The molecule has 0 spiro atoms. The Bertz CT molecular complexity index is 364. The molecular weight excluding hydrogens is 260 g/mol. The summed E-state index contributed by atoms with van der Waals surface area (Å²) in [6.45, 7) is 0.675. The van der Waals surface area contributed by atoms with Crippen LogP contribution in [0.2, 0.25) is 0 Å². The van der Waals surface area contributed by atoms with Crippen LogP contribution in [0.5, 0.6) is 0 Å². The first-order valence-electron chi connectivity index (χ1n) is 4.79. The lowest BCUT2D eigenvalue weighted by Gasteiger charge is -2.09. The van der Waals surface area contributed by atoms with Gasteiger partial charge in [0.1, 0.15) is 6.10 Å². The molecule has 1 aromatic heterocycles. The summed E-state index contributed by atoms with van der Waals surface area (Å²) in [6, 6.07) is 1.81. The molecule has 1 fully saturated rings. The van der Waals surface area contributed by atoms with Gasteiger partial charge < -0.3 is 10.1 Å². The van der Waals surface area contributed by atoms with Gasteiger partial charge in [-0.1, -0.05) is 0 Å². The lowest BCUT2D eigenvalue weighted by atomic mass is 10.2. The monoisotopic (exact) mass is 270 g/mol. The van der Waals surface area contributed by atoms with E-state index in [9.17, 15) is 4.79 Å². The molecular formula is C10H11BrN2O2. The summed E-state index contributed by atoms with van der Waals surface area (Å²) < 4.78 is 6.11. The predicted octanol–water partition coefficient (Wildman–Crippen LogP) is 1.96. The molecule has 80 valence electrons. The average Bonchev–Trinajstić information content (AvgIpc) is 2.70. The second-order valence-corrected chi connectivity index (χ2v) is 4.30. The van der Waals surface area contributed by atoms with Crippen LogP contribution in [0.4, 0.5) is 5.69 Å². The number of carbonyl (C=O) groups is 1. The zero-order chi connectivity index (χ0) is 10.7. The van der Waals surface area contributed by atoms with E-state index in [2.05, 4.69) is 26.2 Å². The molecule has 0 aromatic carbocycles. The summed E-state index contributed by atoms with van der Waals surface area (Å²) in [5, 5.41) is 2.77. The van der Waals surface area contributed by atoms with Crippen LogP contribution in [0.1, 0.15) is 12.8 Å². The predicted molar refractivity (Wildman–Crippen MR) is 59.5 cm³/mol. The fourth-order valence-electron chi connectivity index (χ4n) is 1.49. The lowest BCUT2D eigenvalue weighted by Crippen LogP contribution is -2.26. The van der Waals surface area contributed by atoms with Gasteiger partial charge in [-0.25, -0.2) is 0 Å². The smallest absolute Gasteiger partial charge is 0.253 e. The van der Waals surface area contributed by atoms with Crippen LogP contribution in [0.3, 0.4) is 0 Å². The normalized spacial score (nSPS) is 20.2. The van der Waals surface area contributed by atoms with Crippen molar-refractivity contribution in [2.45, 2.75) is 18.9 Å². The number of anilines is 1. The number of nitrogens with zero attached hydrogens (tertiary/aromatic N) is 1. The standard InChI is InChI=1S/C10H11BrN2O2/c11-7-4-8(6-12-5-7)13-10(14)9-2-1-3-15-9/h4-6,9H,1-3H2,(H,13,14). The SMILES string of the molecule is O=C(Nc1cncc(Br)c1)C1CCCO1. The summed E-state index contributed by atoms with van der Waals surface area (Å²) in [5.74, 6) is -0.0904. The molecule has 1 aromatic rings. The van der Waals surface area contributed by atoms with Crippen molar-refractivity contribution in [3.63, 3.8) is 0 Å². The van der Waals surface area contributed by atoms with E-state index in [1.54, 1.807) is 18.5 Å². The van der Waals surface area contributed by atoms with E-state index in [1.165, 1.54) is 0 Å². The molecule has 1 saturated heterocycles. The maximum Gasteiger partial charge on any atom is 0.253 e. The number of hydrogen-bond acceptors (Lipinski definition) is 3. The lowest BCUT2D eigenvalue weighted by molar-refractivity contribution is -0.124. The number of rotatable bonds is 2. The van der Waals surface area contributed by atoms with Gasteiger partial charge in [0.15, 0.2) is 0 Å². The van der Waals surface area contributed by atoms with Gasteiger partial charge in [-0.2, -0.15) is 0 Å². The van der Waals surface area contributed by atoms with Gasteiger partial charge >= 0.3 is 0 Å². The Kier molecular flexibility index (Phi) is 3.33. The molecule has 5 heteroatoms. The highest BCUT2D eigenvalue weighted by Gasteiger charge is 2.23. The van der Waals surface area contributed by atoms with E-state index in [4.69, 9.17) is 4.74 Å². The molecule has 1 aliphatic heterocycles. The zero-order valence-electron chi connectivity index (χ0n) is 8.07. The number of pyridine rings is 1. The highest BCUT2D eigenvalue weighted by atomic mass is 79.9. The minimum atomic E-state index is -0.302. The van der Waals surface area contributed by atoms with Crippen LogP contribution in [0, 0.1) is 0 Å². The maximum absolute atomic E-state index is 11.6. The van der Waals surface area contributed by atoms with Crippen molar-refractivity contribution >= 4 is 27.5 Å². The minimum Gasteiger partial charge on any atom is -0.368 e. The van der Waals surface area contributed by atoms with Crippen molar-refractivity contribution in [2.75, 3.05) is 11.9 Å². The average molecular weight is 271 g/mol. The van der Waals surface area contributed by atoms with Crippen LogP contribution in [0.25, 0.3) is 0 Å². The van der Waals surface area contributed by atoms with Gasteiger partial charge in [-0.15, -0.1) is 0 Å². The zero-order valence-corrected chi connectivity index (χ0v) is 9.66. The first-order valence-corrected chi connectivity index (χ1v) is 5.58. The van der Waals surface area contributed by atoms with E-state index < -0.39 is 0 Å². The molecule has 0 radical (unpaired) electrons. The molecule has 1 unspecified atom stereocenters. The number of hydrogen-bond donors (Lipinski definition) is 1. The highest BCUT2D eigenvalue weighted by Crippen LogP contribution is 2.17. The minimum absolute atomic E-state index is 0.0904. The molecule has 15 heavy (non-hydrogen) atoms. The molecule has 0 bridgehead atoms. The molecule has 1 atom stereocenters. The van der Waals surface area contributed by atoms with Crippen molar-refractivity contribution in [3.05, 3.63) is 22.9 Å². The summed E-state index contributed by atoms with van der Waals surface area (Å²) in [6.07, 6.45) is 4.73. The van der Waals surface area contributed by atoms with Crippen molar-refractivity contribution < 1.29 is 9.53 Å². The Morgan fingerprint density at radius 2 is 2.47 bits per heavy atom. The third kappa shape index (κ3) is 2.76. The summed E-state index contributed by atoms with van der Waals surface area (Å²) >= 11 is 3.29. The maximum atomic E-state index is 11.6. The van der Waals surface area contributed by atoms with Crippen molar-refractivity contribution in [2.24, 2.45) is 0 Å². The molecule has 1 amide bonds. The molecule has 2 rings (SSSR count). The first kappa shape index (κ1) is 10.6. The number of aromatic nitrogens is 1. The van der Waals surface area contributed by atoms with E-state index in [-0.39, 0.29) is 12.0 Å². The number of amides is 1. The van der Waals surface area contributed by atoms with Gasteiger partial charge in [0, 0.05) is 17.3 Å². The van der Waals surface area contributed by atoms with Gasteiger partial charge in [0.05, 0.1) is 11.9 Å². The van der Waals surface area contributed by atoms with E-state index in [1.807, 2.05) is 0 Å². The van der Waals surface area contributed by atoms with Crippen LogP contribution >= 0.6 is 15.9 Å². The van der Waals surface area contributed by atoms with Crippen molar-refractivity contribution in [1.82, 2.24) is 4.98 Å². The van der Waals surface area contributed by atoms with E-state index in [0.29, 0.717) is 12.3 Å². The van der Waals surface area contributed by atoms with Gasteiger partial charge in [-0.05, 0) is 34.8 Å². The van der Waals surface area contributed by atoms with Crippen molar-refractivity contribution in [3.8, 4) is 0 Å². The topological polar surface area (TPSA) is 51.2 Å². The Morgan fingerprint density at radius 3 is 3.13 bits per heavy atom. The second-order valence-electron chi connectivity index (χ2n) is 3.38. The third-order valence-corrected chi connectivity index (χ3v) is 2.63. The Morgan fingerprint density at radius 1 is 1.60 bits per heavy atom. The second kappa shape index (κ2) is 4.72. The molecule has 1 aliphatic rings. The number of ether oxygens (including phenoxy) is 1. The van der Waals surface area contributed by atoms with Gasteiger partial charge in [-0.3, -0.25) is 9.78 Å². The molecule has 0 saturated carbocycles. The largest absolute Gasteiger partial charge is 0.368 e. The number of nitrogens with one attached hydrogen (secondary N) is 1. The molecule has 1 N–H and O–H groups in total. The Hall–Kier alpha value is -0.940. The highest BCUT2D eigenvalue weighted by molar-refractivity contribution is 9.10. The molecule has 0 aliphatic carbocycles. The Balaban J connectivity index is 1.99. The number of carbonyl (C=O) groups excluding carboxylic acids is 1. The fraction of sp³-hybridized carbons (Fsp3) is 0.400. The van der Waals surface area contributed by atoms with E-state index >= 15 is 0 Å². The molecule has 4 nitrogen and oxygen atoms in total. The fourth-order valence-corrected chi connectivity index (χ4v) is 1.85. The van der Waals surface area contributed by atoms with Crippen LogP contribution in [-0.4, -0.2) is 23.6 Å².